The van der Waals surface area contributed by atoms with Gasteiger partial charge in [-0.05, 0) is 17.7 Å². The molecule has 116 valence electrons. The monoisotopic (exact) mass is 301 g/mol. The highest BCUT2D eigenvalue weighted by Gasteiger charge is 2.13. The number of rotatable bonds is 5. The first kappa shape index (κ1) is 15.9. The molecule has 0 atom stereocenters. The van der Waals surface area contributed by atoms with Gasteiger partial charge in [-0.1, -0.05) is 12.1 Å². The zero-order valence-electron chi connectivity index (χ0n) is 12.5. The van der Waals surface area contributed by atoms with E-state index in [1.165, 1.54) is 0 Å². The second-order valence-corrected chi connectivity index (χ2v) is 4.83. The molecule has 0 bridgehead atoms. The Morgan fingerprint density at radius 3 is 2.68 bits per heavy atom. The van der Waals surface area contributed by atoms with Gasteiger partial charge in [0.15, 0.2) is 0 Å². The third kappa shape index (κ3) is 4.50. The highest BCUT2D eigenvalue weighted by atomic mass is 16.5. The van der Waals surface area contributed by atoms with Crippen LogP contribution in [0, 0.1) is 11.3 Å². The molecule has 1 N–H and O–H groups in total. The summed E-state index contributed by atoms with van der Waals surface area (Å²) >= 11 is 0. The maximum Gasteiger partial charge on any atom is 0.263 e. The fraction of sp³-hybridized carbons (Fsp3) is 0.375. The van der Waals surface area contributed by atoms with Crippen molar-refractivity contribution in [1.82, 2.24) is 10.2 Å². The predicted octanol–water partition coefficient (Wildman–Crippen LogP) is 1.05. The molecule has 0 aromatic heterocycles. The van der Waals surface area contributed by atoms with Gasteiger partial charge in [0, 0.05) is 25.8 Å². The summed E-state index contributed by atoms with van der Waals surface area (Å²) < 4.78 is 10.3. The largest absolute Gasteiger partial charge is 0.497 e. The number of ether oxygens (including phenoxy) is 2. The van der Waals surface area contributed by atoms with E-state index in [9.17, 15) is 4.79 Å². The zero-order chi connectivity index (χ0) is 15.8. The van der Waals surface area contributed by atoms with Crippen LogP contribution in [0.2, 0.25) is 0 Å². The molecule has 0 radical (unpaired) electrons. The lowest BCUT2D eigenvalue weighted by Crippen LogP contribution is -2.33. The summed E-state index contributed by atoms with van der Waals surface area (Å²) in [5.41, 5.74) is 1.05. The van der Waals surface area contributed by atoms with Crippen molar-refractivity contribution in [1.29, 1.82) is 5.26 Å². The van der Waals surface area contributed by atoms with Crippen LogP contribution < -0.4 is 10.1 Å². The summed E-state index contributed by atoms with van der Waals surface area (Å²) in [7, 11) is 1.60. The molecule has 1 aliphatic heterocycles. The lowest BCUT2D eigenvalue weighted by atomic mass is 10.2. The lowest BCUT2D eigenvalue weighted by Gasteiger charge is -2.25. The van der Waals surface area contributed by atoms with Crippen LogP contribution in [0.3, 0.4) is 0 Å². The molecule has 6 nitrogen and oxygen atoms in total. The summed E-state index contributed by atoms with van der Waals surface area (Å²) in [6.07, 6.45) is 1.60. The number of amides is 1. The Morgan fingerprint density at radius 1 is 1.41 bits per heavy atom. The second-order valence-electron chi connectivity index (χ2n) is 4.83. The molecule has 1 heterocycles. The van der Waals surface area contributed by atoms with Crippen molar-refractivity contribution in [3.05, 3.63) is 41.6 Å². The average Bonchev–Trinajstić information content (AvgIpc) is 2.59. The first-order valence-corrected chi connectivity index (χ1v) is 7.08. The van der Waals surface area contributed by atoms with Crippen LogP contribution in [0.4, 0.5) is 0 Å². The molecular weight excluding hydrogens is 282 g/mol. The molecular formula is C16H19N3O3. The fourth-order valence-electron chi connectivity index (χ4n) is 2.05. The number of carbonyl (C=O) groups is 1. The van der Waals surface area contributed by atoms with Gasteiger partial charge < -0.3 is 19.7 Å². The number of nitrogens with zero attached hydrogens (tertiary/aromatic N) is 2. The number of nitriles is 1. The standard InChI is InChI=1S/C16H19N3O3/c1-21-15-4-2-13(3-5-15)11-18-16(20)14(10-17)12-19-6-8-22-9-7-19/h2-5,12H,6-9,11H2,1H3,(H,18,20)/b14-12-. The second kappa shape index (κ2) is 8.05. The van der Waals surface area contributed by atoms with Gasteiger partial charge >= 0.3 is 0 Å². The van der Waals surface area contributed by atoms with E-state index in [-0.39, 0.29) is 11.5 Å². The molecule has 1 aromatic carbocycles. The third-order valence-corrected chi connectivity index (χ3v) is 3.33. The van der Waals surface area contributed by atoms with Crippen LogP contribution in [-0.4, -0.2) is 44.2 Å². The summed E-state index contributed by atoms with van der Waals surface area (Å²) in [5, 5.41) is 11.9. The molecule has 0 saturated carbocycles. The minimum Gasteiger partial charge on any atom is -0.497 e. The van der Waals surface area contributed by atoms with Gasteiger partial charge in [-0.3, -0.25) is 4.79 Å². The van der Waals surface area contributed by atoms with E-state index in [4.69, 9.17) is 14.7 Å². The van der Waals surface area contributed by atoms with E-state index in [1.54, 1.807) is 13.3 Å². The Morgan fingerprint density at radius 2 is 2.09 bits per heavy atom. The molecule has 1 aliphatic rings. The normalized spacial score (nSPS) is 15.1. The number of morpholine rings is 1. The Kier molecular flexibility index (Phi) is 5.81. The van der Waals surface area contributed by atoms with E-state index in [2.05, 4.69) is 5.32 Å². The summed E-state index contributed by atoms with van der Waals surface area (Å²) in [4.78, 5) is 14.0. The van der Waals surface area contributed by atoms with Crippen molar-refractivity contribution in [3.8, 4) is 11.8 Å². The van der Waals surface area contributed by atoms with Crippen LogP contribution >= 0.6 is 0 Å². The third-order valence-electron chi connectivity index (χ3n) is 3.33. The van der Waals surface area contributed by atoms with E-state index in [0.29, 0.717) is 32.8 Å². The first-order chi connectivity index (χ1) is 10.7. The summed E-state index contributed by atoms with van der Waals surface area (Å²) in [5.74, 6) is 0.393. The molecule has 2 rings (SSSR count). The maximum atomic E-state index is 12.1. The smallest absolute Gasteiger partial charge is 0.263 e. The van der Waals surface area contributed by atoms with E-state index in [1.807, 2.05) is 35.2 Å². The Hall–Kier alpha value is -2.52. The van der Waals surface area contributed by atoms with Crippen molar-refractivity contribution in [2.75, 3.05) is 33.4 Å². The number of benzene rings is 1. The van der Waals surface area contributed by atoms with Gasteiger partial charge in [0.2, 0.25) is 0 Å². The highest BCUT2D eigenvalue weighted by Crippen LogP contribution is 2.11. The molecule has 1 aromatic rings. The maximum absolute atomic E-state index is 12.1. The SMILES string of the molecule is COc1ccc(CNC(=O)/C(C#N)=C\N2CCOCC2)cc1. The predicted molar refractivity (Wildman–Crippen MR) is 80.9 cm³/mol. The number of nitrogens with one attached hydrogen (secondary N) is 1. The molecule has 1 saturated heterocycles. The van der Waals surface area contributed by atoms with Crippen LogP contribution in [0.5, 0.6) is 5.75 Å². The number of methoxy groups -OCH3 is 1. The van der Waals surface area contributed by atoms with Crippen LogP contribution in [0.25, 0.3) is 0 Å². The molecule has 6 heteroatoms. The topological polar surface area (TPSA) is 74.6 Å². The van der Waals surface area contributed by atoms with Crippen LogP contribution in [0.15, 0.2) is 36.0 Å². The van der Waals surface area contributed by atoms with Gasteiger partial charge in [-0.2, -0.15) is 5.26 Å². The van der Waals surface area contributed by atoms with E-state index >= 15 is 0 Å². The first-order valence-electron chi connectivity index (χ1n) is 7.08. The summed E-state index contributed by atoms with van der Waals surface area (Å²) in [6, 6.07) is 9.35. The van der Waals surface area contributed by atoms with Gasteiger partial charge in [0.25, 0.3) is 5.91 Å². The van der Waals surface area contributed by atoms with Crippen molar-refractivity contribution in [3.63, 3.8) is 0 Å². The molecule has 0 aliphatic carbocycles. The molecule has 0 spiro atoms. The fourth-order valence-corrected chi connectivity index (χ4v) is 2.05. The van der Waals surface area contributed by atoms with Gasteiger partial charge in [-0.25, -0.2) is 0 Å². The van der Waals surface area contributed by atoms with Gasteiger partial charge in [0.1, 0.15) is 17.4 Å². The number of hydrogen-bond acceptors (Lipinski definition) is 5. The van der Waals surface area contributed by atoms with Gasteiger partial charge in [-0.15, -0.1) is 0 Å². The molecule has 1 amide bonds. The molecule has 0 unspecified atom stereocenters. The molecule has 22 heavy (non-hydrogen) atoms. The van der Waals surface area contributed by atoms with Crippen molar-refractivity contribution in [2.45, 2.75) is 6.54 Å². The van der Waals surface area contributed by atoms with Crippen molar-refractivity contribution in [2.24, 2.45) is 0 Å². The zero-order valence-corrected chi connectivity index (χ0v) is 12.5. The minimum atomic E-state index is -0.371. The average molecular weight is 301 g/mol. The van der Waals surface area contributed by atoms with Crippen LogP contribution in [-0.2, 0) is 16.1 Å². The molecule has 1 fully saturated rings. The number of carbonyl (C=O) groups excluding carboxylic acids is 1. The lowest BCUT2D eigenvalue weighted by molar-refractivity contribution is -0.117. The van der Waals surface area contributed by atoms with Gasteiger partial charge in [0.05, 0.1) is 20.3 Å². The Balaban J connectivity index is 1.91. The van der Waals surface area contributed by atoms with Crippen molar-refractivity contribution < 1.29 is 14.3 Å². The Bertz CT molecular complexity index is 569. The quantitative estimate of drug-likeness (QED) is 0.650. The van der Waals surface area contributed by atoms with Crippen LogP contribution in [0.1, 0.15) is 5.56 Å². The highest BCUT2D eigenvalue weighted by molar-refractivity contribution is 5.97. The number of hydrogen-bond donors (Lipinski definition) is 1. The Labute approximate surface area is 129 Å². The van der Waals surface area contributed by atoms with E-state index < -0.39 is 0 Å². The summed E-state index contributed by atoms with van der Waals surface area (Å²) in [6.45, 7) is 2.98. The van der Waals surface area contributed by atoms with Crippen molar-refractivity contribution >= 4 is 5.91 Å². The minimum absolute atomic E-state index is 0.107. The van der Waals surface area contributed by atoms with E-state index in [0.717, 1.165) is 11.3 Å².